The van der Waals surface area contributed by atoms with Crippen molar-refractivity contribution >= 4 is 53.2 Å². The summed E-state index contributed by atoms with van der Waals surface area (Å²) in [5, 5.41) is 54.7. The van der Waals surface area contributed by atoms with Gasteiger partial charge in [0, 0.05) is 6.42 Å². The minimum atomic E-state index is -1.67. The van der Waals surface area contributed by atoms with Crippen LogP contribution in [0.2, 0.25) is 0 Å². The molecule has 0 saturated heterocycles. The Bertz CT molecular complexity index is 1300. The van der Waals surface area contributed by atoms with Crippen LogP contribution in [0, 0.1) is 0 Å². The Hall–Kier alpha value is -4.97. The van der Waals surface area contributed by atoms with Crippen LogP contribution in [0.3, 0.4) is 0 Å². The number of amides is 8. The van der Waals surface area contributed by atoms with Gasteiger partial charge in [-0.15, -0.1) is 0 Å². The van der Waals surface area contributed by atoms with Gasteiger partial charge in [0.1, 0.15) is 24.2 Å². The molecule has 8 amide bonds. The van der Waals surface area contributed by atoms with Crippen LogP contribution in [0.15, 0.2) is 0 Å². The number of carbonyl (C=O) groups is 9. The Kier molecular flexibility index (Phi) is 22.0. The molecular formula is C30H54N10O13. The molecule has 0 rings (SSSR count). The third-order valence-electron chi connectivity index (χ3n) is 7.36. The highest BCUT2D eigenvalue weighted by molar-refractivity contribution is 5.96. The lowest BCUT2D eigenvalue weighted by atomic mass is 10.1. The lowest BCUT2D eigenvalue weighted by Gasteiger charge is -2.25. The Labute approximate surface area is 305 Å². The van der Waals surface area contributed by atoms with Crippen molar-refractivity contribution in [1.82, 2.24) is 37.2 Å². The number of hydrogen-bond acceptors (Lipinski definition) is 14. The second-order valence-corrected chi connectivity index (χ2v) is 12.3. The van der Waals surface area contributed by atoms with E-state index in [1.165, 1.54) is 6.92 Å². The van der Waals surface area contributed by atoms with Gasteiger partial charge in [0.25, 0.3) is 0 Å². The van der Waals surface area contributed by atoms with Crippen LogP contribution in [-0.2, 0) is 43.2 Å². The zero-order valence-corrected chi connectivity index (χ0v) is 30.0. The number of aliphatic hydroxyl groups is 3. The number of carboxylic acid groups (broad SMARTS) is 1. The fourth-order valence-electron chi connectivity index (χ4n) is 4.35. The van der Waals surface area contributed by atoms with E-state index in [1.54, 1.807) is 0 Å². The van der Waals surface area contributed by atoms with Crippen molar-refractivity contribution in [3.05, 3.63) is 0 Å². The molecule has 0 aliphatic carbocycles. The highest BCUT2D eigenvalue weighted by Crippen LogP contribution is 2.04. The van der Waals surface area contributed by atoms with Crippen LogP contribution >= 0.6 is 0 Å². The Morgan fingerprint density at radius 2 is 1.00 bits per heavy atom. The summed E-state index contributed by atoms with van der Waals surface area (Å²) in [6.07, 6.45) is -4.26. The van der Waals surface area contributed by atoms with Gasteiger partial charge < -0.3 is 74.8 Å². The van der Waals surface area contributed by atoms with Crippen LogP contribution < -0.4 is 54.4 Å². The average Bonchev–Trinajstić information content (AvgIpc) is 3.06. The molecule has 0 heterocycles. The summed E-state index contributed by atoms with van der Waals surface area (Å²) in [5.41, 5.74) is 16.1. The molecule has 0 aromatic rings. The zero-order chi connectivity index (χ0) is 41.0. The van der Waals surface area contributed by atoms with E-state index in [1.807, 2.05) is 0 Å². The van der Waals surface area contributed by atoms with Crippen LogP contribution in [0.5, 0.6) is 0 Å². The van der Waals surface area contributed by atoms with Gasteiger partial charge in [0.05, 0.1) is 37.4 Å². The summed E-state index contributed by atoms with van der Waals surface area (Å²) in [6.45, 7) is 3.46. The van der Waals surface area contributed by atoms with Crippen molar-refractivity contribution in [2.24, 2.45) is 17.2 Å². The number of nitrogens with two attached hydrogens (primary N) is 3. The molecule has 0 aromatic carbocycles. The average molecular weight is 763 g/mol. The van der Waals surface area contributed by atoms with Gasteiger partial charge in [-0.2, -0.15) is 0 Å². The molecule has 0 radical (unpaired) electrons. The number of aliphatic carboxylic acids is 1. The normalized spacial score (nSPS) is 16.0. The van der Waals surface area contributed by atoms with E-state index in [9.17, 15) is 63.6 Å². The molecule has 23 heteroatoms. The van der Waals surface area contributed by atoms with Crippen molar-refractivity contribution < 1.29 is 63.6 Å². The molecule has 0 aromatic heterocycles. The first-order valence-corrected chi connectivity index (χ1v) is 16.7. The van der Waals surface area contributed by atoms with E-state index in [4.69, 9.17) is 17.2 Å². The fourth-order valence-corrected chi connectivity index (χ4v) is 4.35. The van der Waals surface area contributed by atoms with Gasteiger partial charge in [0.15, 0.2) is 6.04 Å². The predicted molar refractivity (Wildman–Crippen MR) is 183 cm³/mol. The number of aliphatic hydroxyl groups excluding tert-OH is 3. The largest absolute Gasteiger partial charge is 0.480 e. The number of nitrogens with one attached hydrogen (secondary N) is 7. The van der Waals surface area contributed by atoms with Crippen molar-refractivity contribution in [3.63, 3.8) is 0 Å². The predicted octanol–water partition coefficient (Wildman–Crippen LogP) is -7.39. The van der Waals surface area contributed by atoms with E-state index in [-0.39, 0.29) is 25.8 Å². The van der Waals surface area contributed by atoms with Gasteiger partial charge in [-0.3, -0.25) is 38.4 Å². The molecule has 302 valence electrons. The molecular weight excluding hydrogens is 708 g/mol. The molecule has 0 bridgehead atoms. The zero-order valence-electron chi connectivity index (χ0n) is 30.0. The monoisotopic (exact) mass is 762 g/mol. The van der Waals surface area contributed by atoms with E-state index in [0.717, 1.165) is 20.8 Å². The van der Waals surface area contributed by atoms with Gasteiger partial charge in [-0.1, -0.05) is 0 Å². The maximum Gasteiger partial charge on any atom is 0.328 e. The topological polar surface area (TPSA) is 397 Å². The minimum absolute atomic E-state index is 0.0343. The summed E-state index contributed by atoms with van der Waals surface area (Å²) < 4.78 is 0. The molecule has 0 saturated carbocycles. The lowest BCUT2D eigenvalue weighted by molar-refractivity contribution is -0.145. The van der Waals surface area contributed by atoms with Crippen LogP contribution in [0.25, 0.3) is 0 Å². The number of carboxylic acids is 1. The first kappa shape index (κ1) is 48.0. The molecule has 23 nitrogen and oxygen atoms in total. The molecule has 53 heavy (non-hydrogen) atoms. The van der Waals surface area contributed by atoms with Gasteiger partial charge in [-0.05, 0) is 59.9 Å². The van der Waals surface area contributed by atoms with E-state index in [2.05, 4.69) is 37.2 Å². The third-order valence-corrected chi connectivity index (χ3v) is 7.36. The van der Waals surface area contributed by atoms with Gasteiger partial charge >= 0.3 is 5.97 Å². The van der Waals surface area contributed by atoms with Gasteiger partial charge in [-0.25, -0.2) is 4.79 Å². The molecule has 9 atom stereocenters. The smallest absolute Gasteiger partial charge is 0.328 e. The van der Waals surface area contributed by atoms with Gasteiger partial charge in [0.2, 0.25) is 47.3 Å². The molecule has 0 aliphatic heterocycles. The molecule has 17 N–H and O–H groups in total. The molecule has 0 spiro atoms. The maximum atomic E-state index is 12.9. The quantitative estimate of drug-likeness (QED) is 0.0384. The first-order valence-electron chi connectivity index (χ1n) is 16.7. The van der Waals surface area contributed by atoms with E-state index < -0.39 is 121 Å². The molecule has 0 fully saturated rings. The Morgan fingerprint density at radius 3 is 1.42 bits per heavy atom. The second-order valence-electron chi connectivity index (χ2n) is 12.3. The molecule has 0 unspecified atom stereocenters. The minimum Gasteiger partial charge on any atom is -0.480 e. The summed E-state index contributed by atoms with van der Waals surface area (Å²) in [7, 11) is 0. The molecule has 0 aliphatic rings. The Balaban J connectivity index is 5.43. The maximum absolute atomic E-state index is 12.9. The number of primary amides is 1. The van der Waals surface area contributed by atoms with Crippen molar-refractivity contribution in [3.8, 4) is 0 Å². The highest BCUT2D eigenvalue weighted by atomic mass is 16.4. The third kappa shape index (κ3) is 18.9. The standard InChI is InChI=1S/C30H54N10O13/c1-13(32)25(47)37-18(8-9-19(33)44)27(49)39-23(15(3)42)29(51)35-12-21(46)38-22(14(2)41)28(50)34-11-20(45)36-17(7-5-6-10-31)26(48)40-24(16(4)43)30(52)53/h13-18,22-24,41-43H,5-12,31-32H2,1-4H3,(H2,33,44)(H,34,50)(H,35,51)(H,36,45)(H,37,47)(H,38,46)(H,39,49)(H,40,48)(H,52,53)/t13-,14+,15+,16+,17-,18-,22-,23-,24-/m0/s1. The number of carbonyl (C=O) groups excluding carboxylic acids is 8. The summed E-state index contributed by atoms with van der Waals surface area (Å²) in [6, 6.07) is -8.67. The summed E-state index contributed by atoms with van der Waals surface area (Å²) in [5.74, 6) is -9.00. The van der Waals surface area contributed by atoms with Crippen molar-refractivity contribution in [1.29, 1.82) is 0 Å². The highest BCUT2D eigenvalue weighted by Gasteiger charge is 2.32. The number of unbranched alkanes of at least 4 members (excludes halogenated alkanes) is 1. The summed E-state index contributed by atoms with van der Waals surface area (Å²) in [4.78, 5) is 111. The van der Waals surface area contributed by atoms with Crippen LogP contribution in [0.1, 0.15) is 59.8 Å². The number of hydrogen-bond donors (Lipinski definition) is 14. The Morgan fingerprint density at radius 1 is 0.566 bits per heavy atom. The first-order chi connectivity index (χ1) is 24.6. The van der Waals surface area contributed by atoms with Crippen molar-refractivity contribution in [2.45, 2.75) is 114 Å². The second kappa shape index (κ2) is 24.3. The van der Waals surface area contributed by atoms with Crippen molar-refractivity contribution in [2.75, 3.05) is 19.6 Å². The summed E-state index contributed by atoms with van der Waals surface area (Å²) >= 11 is 0. The lowest BCUT2D eigenvalue weighted by Crippen LogP contribution is -2.59. The fraction of sp³-hybridized carbons (Fsp3) is 0.700. The number of rotatable bonds is 25. The van der Waals surface area contributed by atoms with E-state index >= 15 is 0 Å². The van der Waals surface area contributed by atoms with E-state index in [0.29, 0.717) is 12.8 Å². The van der Waals surface area contributed by atoms with Crippen LogP contribution in [-0.4, -0.2) is 148 Å². The SMILES string of the molecule is C[C@H](N)C(=O)N[C@@H](CCC(N)=O)C(=O)N[C@H](C(=O)NCC(=O)N[C@H](C(=O)NCC(=O)N[C@@H](CCCCN)C(=O)N[C@H](C(=O)O)[C@@H](C)O)[C@@H](C)O)[C@@H](C)O. The van der Waals surface area contributed by atoms with Crippen LogP contribution in [0.4, 0.5) is 0 Å².